The minimum absolute atomic E-state index is 0.0551. The fourth-order valence-electron chi connectivity index (χ4n) is 2.50. The van der Waals surface area contributed by atoms with Gasteiger partial charge in [0.05, 0.1) is 25.2 Å². The zero-order valence-corrected chi connectivity index (χ0v) is 14.1. The van der Waals surface area contributed by atoms with Gasteiger partial charge >= 0.3 is 0 Å². The van der Waals surface area contributed by atoms with Gasteiger partial charge in [0.2, 0.25) is 0 Å². The third kappa shape index (κ3) is 3.80. The van der Waals surface area contributed by atoms with Crippen LogP contribution < -0.4 is 15.8 Å². The number of nitrogens with one attached hydrogen (secondary N) is 1. The van der Waals surface area contributed by atoms with Crippen LogP contribution in [0.1, 0.15) is 18.5 Å². The van der Waals surface area contributed by atoms with Crippen molar-refractivity contribution in [3.8, 4) is 22.8 Å². The van der Waals surface area contributed by atoms with Crippen LogP contribution in [0.5, 0.6) is 11.5 Å². The third-order valence-corrected chi connectivity index (χ3v) is 3.91. The molecule has 0 fully saturated rings. The summed E-state index contributed by atoms with van der Waals surface area (Å²) in [7, 11) is 1.51. The van der Waals surface area contributed by atoms with Gasteiger partial charge in [-0.25, -0.2) is 4.98 Å². The van der Waals surface area contributed by atoms with E-state index >= 15 is 0 Å². The summed E-state index contributed by atoms with van der Waals surface area (Å²) in [5, 5.41) is 13.1. The van der Waals surface area contributed by atoms with E-state index in [4.69, 9.17) is 10.5 Å². The predicted octanol–water partition coefficient (Wildman–Crippen LogP) is 3.61. The van der Waals surface area contributed by atoms with Crippen LogP contribution in [0.2, 0.25) is 0 Å². The van der Waals surface area contributed by atoms with E-state index in [1.807, 2.05) is 31.2 Å². The Labute approximate surface area is 146 Å². The molecule has 0 bridgehead atoms. The van der Waals surface area contributed by atoms with Gasteiger partial charge in [-0.3, -0.25) is 4.98 Å². The number of phenols is 1. The first-order chi connectivity index (χ1) is 12.1. The highest BCUT2D eigenvalue weighted by Crippen LogP contribution is 2.31. The van der Waals surface area contributed by atoms with Gasteiger partial charge in [-0.2, -0.15) is 0 Å². The quantitative estimate of drug-likeness (QED) is 0.616. The average molecular weight is 336 g/mol. The van der Waals surface area contributed by atoms with Crippen molar-refractivity contribution in [3.63, 3.8) is 0 Å². The first-order valence-electron chi connectivity index (χ1n) is 7.88. The number of nitrogens with zero attached hydrogens (tertiary/aromatic N) is 2. The Balaban J connectivity index is 1.83. The van der Waals surface area contributed by atoms with Gasteiger partial charge in [-0.1, -0.05) is 12.1 Å². The van der Waals surface area contributed by atoms with E-state index in [0.29, 0.717) is 17.3 Å². The normalized spacial score (nSPS) is 11.8. The summed E-state index contributed by atoms with van der Waals surface area (Å²) in [5.41, 5.74) is 9.07. The fourth-order valence-corrected chi connectivity index (χ4v) is 2.50. The third-order valence-electron chi connectivity index (χ3n) is 3.91. The molecule has 0 radical (unpaired) electrons. The maximum atomic E-state index is 9.72. The van der Waals surface area contributed by atoms with E-state index in [1.165, 1.54) is 7.11 Å². The molecule has 1 heterocycles. The number of nitrogens with two attached hydrogens (primary N) is 1. The van der Waals surface area contributed by atoms with Crippen LogP contribution in [0, 0.1) is 0 Å². The first-order valence-corrected chi connectivity index (χ1v) is 7.88. The van der Waals surface area contributed by atoms with Crippen LogP contribution in [-0.4, -0.2) is 22.2 Å². The molecule has 0 spiro atoms. The Morgan fingerprint density at radius 1 is 1.12 bits per heavy atom. The summed E-state index contributed by atoms with van der Waals surface area (Å²) in [5.74, 6) is 1.15. The molecule has 0 aliphatic rings. The molecule has 128 valence electrons. The second-order valence-electron chi connectivity index (χ2n) is 5.71. The number of aromatic nitrogens is 2. The minimum atomic E-state index is 0.0551. The van der Waals surface area contributed by atoms with E-state index < -0.39 is 0 Å². The van der Waals surface area contributed by atoms with Crippen molar-refractivity contribution in [2.75, 3.05) is 18.2 Å². The number of hydrogen-bond donors (Lipinski definition) is 3. The van der Waals surface area contributed by atoms with E-state index in [2.05, 4.69) is 15.3 Å². The van der Waals surface area contributed by atoms with Crippen molar-refractivity contribution in [1.29, 1.82) is 0 Å². The second-order valence-corrected chi connectivity index (χ2v) is 5.71. The molecule has 0 aliphatic heterocycles. The molecule has 4 N–H and O–H groups in total. The van der Waals surface area contributed by atoms with Gasteiger partial charge in [0.25, 0.3) is 0 Å². The lowest BCUT2D eigenvalue weighted by molar-refractivity contribution is 0.373. The summed E-state index contributed by atoms with van der Waals surface area (Å²) in [6.07, 6.45) is 3.35. The molecule has 3 rings (SSSR count). The summed E-state index contributed by atoms with van der Waals surface area (Å²) < 4.78 is 5.15. The molecule has 0 amide bonds. The summed E-state index contributed by atoms with van der Waals surface area (Å²) in [6.45, 7) is 2.05. The number of aromatic hydroxyl groups is 1. The SMILES string of the molecule is COc1cc(-c2cncc(NC(C)c3ccc(N)cc3)n2)ccc1O. The molecular weight excluding hydrogens is 316 g/mol. The first kappa shape index (κ1) is 16.6. The van der Waals surface area contributed by atoms with E-state index in [9.17, 15) is 5.11 Å². The lowest BCUT2D eigenvalue weighted by Gasteiger charge is -2.15. The molecule has 6 heteroatoms. The Kier molecular flexibility index (Phi) is 4.70. The van der Waals surface area contributed by atoms with Crippen molar-refractivity contribution in [2.45, 2.75) is 13.0 Å². The molecule has 1 atom stereocenters. The minimum Gasteiger partial charge on any atom is -0.504 e. The van der Waals surface area contributed by atoms with E-state index in [1.54, 1.807) is 30.6 Å². The smallest absolute Gasteiger partial charge is 0.161 e. The highest BCUT2D eigenvalue weighted by molar-refractivity contribution is 5.64. The monoisotopic (exact) mass is 336 g/mol. The number of methoxy groups -OCH3 is 1. The van der Waals surface area contributed by atoms with Crippen LogP contribution in [0.4, 0.5) is 11.5 Å². The topological polar surface area (TPSA) is 93.3 Å². The Hall–Kier alpha value is -3.28. The largest absolute Gasteiger partial charge is 0.504 e. The van der Waals surface area contributed by atoms with Crippen molar-refractivity contribution in [3.05, 3.63) is 60.4 Å². The zero-order valence-electron chi connectivity index (χ0n) is 14.1. The van der Waals surface area contributed by atoms with Crippen molar-refractivity contribution < 1.29 is 9.84 Å². The van der Waals surface area contributed by atoms with Gasteiger partial charge in [-0.15, -0.1) is 0 Å². The molecular formula is C19H20N4O2. The van der Waals surface area contributed by atoms with E-state index in [-0.39, 0.29) is 11.8 Å². The molecule has 2 aromatic carbocycles. The van der Waals surface area contributed by atoms with Gasteiger partial charge in [0.15, 0.2) is 11.5 Å². The van der Waals surface area contributed by atoms with Crippen LogP contribution in [-0.2, 0) is 0 Å². The van der Waals surface area contributed by atoms with Gasteiger partial charge in [0, 0.05) is 17.3 Å². The number of hydrogen-bond acceptors (Lipinski definition) is 6. The van der Waals surface area contributed by atoms with Gasteiger partial charge in [0.1, 0.15) is 5.82 Å². The van der Waals surface area contributed by atoms with Gasteiger partial charge < -0.3 is 20.9 Å². The number of anilines is 2. The molecule has 6 nitrogen and oxygen atoms in total. The highest BCUT2D eigenvalue weighted by atomic mass is 16.5. The zero-order chi connectivity index (χ0) is 17.8. The van der Waals surface area contributed by atoms with E-state index in [0.717, 1.165) is 16.8 Å². The molecule has 1 unspecified atom stereocenters. The average Bonchev–Trinajstić information content (AvgIpc) is 2.63. The van der Waals surface area contributed by atoms with Crippen molar-refractivity contribution in [2.24, 2.45) is 0 Å². The van der Waals surface area contributed by atoms with Gasteiger partial charge in [-0.05, 0) is 42.8 Å². The predicted molar refractivity (Wildman–Crippen MR) is 98.6 cm³/mol. The molecule has 0 aliphatic carbocycles. The molecule has 1 aromatic heterocycles. The number of phenolic OH excluding ortho intramolecular Hbond substituents is 1. The molecule has 0 saturated heterocycles. The summed E-state index contributed by atoms with van der Waals surface area (Å²) in [6, 6.07) is 12.8. The molecule has 25 heavy (non-hydrogen) atoms. The Morgan fingerprint density at radius 2 is 1.88 bits per heavy atom. The molecule has 3 aromatic rings. The maximum absolute atomic E-state index is 9.72. The maximum Gasteiger partial charge on any atom is 0.161 e. The van der Waals surface area contributed by atoms with Crippen LogP contribution in [0.15, 0.2) is 54.9 Å². The summed E-state index contributed by atoms with van der Waals surface area (Å²) in [4.78, 5) is 8.85. The lowest BCUT2D eigenvalue weighted by Crippen LogP contribution is -2.08. The molecule has 0 saturated carbocycles. The second kappa shape index (κ2) is 7.09. The number of ether oxygens (including phenoxy) is 1. The summed E-state index contributed by atoms with van der Waals surface area (Å²) >= 11 is 0. The van der Waals surface area contributed by atoms with Crippen molar-refractivity contribution >= 4 is 11.5 Å². The number of nitrogen functional groups attached to an aromatic ring is 1. The van der Waals surface area contributed by atoms with Crippen molar-refractivity contribution in [1.82, 2.24) is 9.97 Å². The Bertz CT molecular complexity index is 866. The van der Waals surface area contributed by atoms with Crippen LogP contribution in [0.25, 0.3) is 11.3 Å². The van der Waals surface area contributed by atoms with Crippen LogP contribution >= 0.6 is 0 Å². The van der Waals surface area contributed by atoms with Crippen LogP contribution in [0.3, 0.4) is 0 Å². The number of rotatable bonds is 5. The highest BCUT2D eigenvalue weighted by Gasteiger charge is 2.09. The Morgan fingerprint density at radius 3 is 2.60 bits per heavy atom. The fraction of sp³-hybridized carbons (Fsp3) is 0.158. The number of benzene rings is 2. The standard InChI is InChI=1S/C19H20N4O2/c1-12(13-3-6-15(20)7-4-13)22-19-11-21-10-16(23-19)14-5-8-17(24)18(9-14)25-2/h3-12,24H,20H2,1-2H3,(H,22,23). The lowest BCUT2D eigenvalue weighted by atomic mass is 10.1.